The number of ether oxygens (including phenoxy) is 1. The van der Waals surface area contributed by atoms with Crippen LogP contribution < -0.4 is 10.6 Å². The Labute approximate surface area is 145 Å². The molecule has 1 heterocycles. The molecule has 1 aliphatic rings. The van der Waals surface area contributed by atoms with Crippen LogP contribution in [-0.2, 0) is 11.2 Å². The number of hydrogen-bond acceptors (Lipinski definition) is 4. The lowest BCUT2D eigenvalue weighted by Gasteiger charge is -2.23. The summed E-state index contributed by atoms with van der Waals surface area (Å²) >= 11 is 0. The highest BCUT2D eigenvalue weighted by atomic mass is 16.5. The topological polar surface area (TPSA) is 50.8 Å². The molecule has 0 amide bonds. The van der Waals surface area contributed by atoms with Crippen LogP contribution in [0.15, 0.2) is 59.6 Å². The van der Waals surface area contributed by atoms with Gasteiger partial charge in [0, 0.05) is 18.8 Å². The first-order valence-corrected chi connectivity index (χ1v) is 8.34. The maximum atomic E-state index is 5.06. The number of hydrogen-bond donors (Lipinski definition) is 1. The highest BCUT2D eigenvalue weighted by molar-refractivity contribution is 5.72. The van der Waals surface area contributed by atoms with Crippen molar-refractivity contribution in [1.29, 1.82) is 0 Å². The molecule has 2 aromatic carbocycles. The van der Waals surface area contributed by atoms with Gasteiger partial charge < -0.3 is 15.4 Å². The first-order chi connectivity index (χ1) is 11.6. The van der Waals surface area contributed by atoms with Crippen molar-refractivity contribution < 1.29 is 4.74 Å². The van der Waals surface area contributed by atoms with E-state index in [9.17, 15) is 0 Å². The highest BCUT2D eigenvalue weighted by Crippen LogP contribution is 2.17. The number of aliphatic imine (C=N–C) groups is 1. The minimum Gasteiger partial charge on any atom is -0.463 e. The van der Waals surface area contributed by atoms with Crippen molar-refractivity contribution in [2.24, 2.45) is 10.7 Å². The van der Waals surface area contributed by atoms with Crippen molar-refractivity contribution in [3.05, 3.63) is 65.7 Å². The van der Waals surface area contributed by atoms with Crippen LogP contribution >= 0.6 is 0 Å². The van der Waals surface area contributed by atoms with E-state index in [1.165, 1.54) is 16.8 Å². The normalized spacial score (nSPS) is 12.9. The van der Waals surface area contributed by atoms with Gasteiger partial charge in [0.05, 0.1) is 6.54 Å². The van der Waals surface area contributed by atoms with Crippen LogP contribution in [-0.4, -0.2) is 32.3 Å². The van der Waals surface area contributed by atoms with Crippen molar-refractivity contribution in [2.45, 2.75) is 26.3 Å². The maximum Gasteiger partial charge on any atom is 0.282 e. The molecule has 0 aromatic heterocycles. The average Bonchev–Trinajstić information content (AvgIpc) is 3.07. The highest BCUT2D eigenvalue weighted by Gasteiger charge is 2.04. The maximum absolute atomic E-state index is 5.06. The number of nitrogens with zero attached hydrogens (tertiary/aromatic N) is 2. The van der Waals surface area contributed by atoms with Gasteiger partial charge in [-0.3, -0.25) is 0 Å². The summed E-state index contributed by atoms with van der Waals surface area (Å²) < 4.78 is 4.68. The van der Waals surface area contributed by atoms with Gasteiger partial charge in [0.2, 0.25) is 0 Å². The first kappa shape index (κ1) is 17.9. The van der Waals surface area contributed by atoms with Crippen LogP contribution in [0.25, 0.3) is 0 Å². The molecule has 4 heteroatoms. The summed E-state index contributed by atoms with van der Waals surface area (Å²) in [7, 11) is 2.14. The Morgan fingerprint density at radius 2 is 1.67 bits per heavy atom. The van der Waals surface area contributed by atoms with Crippen molar-refractivity contribution in [2.75, 3.05) is 25.1 Å². The summed E-state index contributed by atoms with van der Waals surface area (Å²) in [6.45, 7) is 5.80. The van der Waals surface area contributed by atoms with E-state index in [4.69, 9.17) is 5.73 Å². The van der Waals surface area contributed by atoms with E-state index in [2.05, 4.69) is 90.1 Å². The summed E-state index contributed by atoms with van der Waals surface area (Å²) in [6.07, 6.45) is 1.01. The van der Waals surface area contributed by atoms with Crippen LogP contribution in [0.5, 0.6) is 0 Å². The van der Waals surface area contributed by atoms with E-state index in [0.717, 1.165) is 13.0 Å². The summed E-state index contributed by atoms with van der Waals surface area (Å²) in [6, 6.07) is 20.3. The van der Waals surface area contributed by atoms with Gasteiger partial charge in [-0.05, 0) is 43.5 Å². The van der Waals surface area contributed by atoms with Gasteiger partial charge in [-0.25, -0.2) is 4.99 Å². The third-order valence-corrected chi connectivity index (χ3v) is 3.98. The van der Waals surface area contributed by atoms with Crippen LogP contribution in [0.4, 0.5) is 5.69 Å². The zero-order valence-corrected chi connectivity index (χ0v) is 14.8. The Bertz CT molecular complexity index is 636. The number of nitrogens with two attached hydrogens (primary N) is 1. The third kappa shape index (κ3) is 5.61. The SMILES string of the molecule is CC(C)N(C)c1ccc(Cc2ccccc2)cc1.NC1=NCCO1. The Kier molecular flexibility index (Phi) is 6.67. The smallest absolute Gasteiger partial charge is 0.282 e. The number of rotatable bonds is 4. The predicted octanol–water partition coefficient (Wildman–Crippen LogP) is 3.45. The molecule has 0 atom stereocenters. The summed E-state index contributed by atoms with van der Waals surface area (Å²) in [4.78, 5) is 5.99. The summed E-state index contributed by atoms with van der Waals surface area (Å²) in [5.41, 5.74) is 9.07. The molecular weight excluding hydrogens is 298 g/mol. The van der Waals surface area contributed by atoms with Crippen LogP contribution in [0.2, 0.25) is 0 Å². The average molecular weight is 325 g/mol. The molecule has 0 radical (unpaired) electrons. The lowest BCUT2D eigenvalue weighted by molar-refractivity contribution is 0.342. The second-order valence-corrected chi connectivity index (χ2v) is 6.10. The van der Waals surface area contributed by atoms with Crippen molar-refractivity contribution in [3.8, 4) is 0 Å². The summed E-state index contributed by atoms with van der Waals surface area (Å²) in [5.74, 6) is 0. The second-order valence-electron chi connectivity index (χ2n) is 6.10. The van der Waals surface area contributed by atoms with Crippen molar-refractivity contribution in [3.63, 3.8) is 0 Å². The fourth-order valence-electron chi connectivity index (χ4n) is 2.33. The Balaban J connectivity index is 0.000000292. The molecule has 0 saturated heterocycles. The fraction of sp³-hybridized carbons (Fsp3) is 0.350. The third-order valence-electron chi connectivity index (χ3n) is 3.98. The van der Waals surface area contributed by atoms with E-state index < -0.39 is 0 Å². The predicted molar refractivity (Wildman–Crippen MR) is 102 cm³/mol. The molecule has 2 N–H and O–H groups in total. The Morgan fingerprint density at radius 1 is 1.04 bits per heavy atom. The number of amidine groups is 1. The quantitative estimate of drug-likeness (QED) is 0.936. The number of benzene rings is 2. The molecule has 0 unspecified atom stereocenters. The minimum atomic E-state index is 0.329. The van der Waals surface area contributed by atoms with Gasteiger partial charge in [-0.1, -0.05) is 42.5 Å². The first-order valence-electron chi connectivity index (χ1n) is 8.34. The van der Waals surface area contributed by atoms with Gasteiger partial charge in [0.1, 0.15) is 6.61 Å². The molecule has 0 bridgehead atoms. The zero-order chi connectivity index (χ0) is 17.4. The fourth-order valence-corrected chi connectivity index (χ4v) is 2.33. The molecule has 4 nitrogen and oxygen atoms in total. The van der Waals surface area contributed by atoms with Gasteiger partial charge in [-0.15, -0.1) is 0 Å². The molecule has 0 fully saturated rings. The molecule has 3 rings (SSSR count). The molecule has 0 spiro atoms. The molecule has 24 heavy (non-hydrogen) atoms. The molecule has 0 aliphatic carbocycles. The Hall–Kier alpha value is -2.49. The van der Waals surface area contributed by atoms with Gasteiger partial charge >= 0.3 is 0 Å². The van der Waals surface area contributed by atoms with E-state index in [-0.39, 0.29) is 0 Å². The number of anilines is 1. The lowest BCUT2D eigenvalue weighted by Crippen LogP contribution is -2.25. The van der Waals surface area contributed by atoms with Gasteiger partial charge in [-0.2, -0.15) is 0 Å². The monoisotopic (exact) mass is 325 g/mol. The molecular formula is C20H27N3O. The Morgan fingerprint density at radius 3 is 2.12 bits per heavy atom. The van der Waals surface area contributed by atoms with E-state index >= 15 is 0 Å². The molecule has 128 valence electrons. The van der Waals surface area contributed by atoms with Crippen LogP contribution in [0.3, 0.4) is 0 Å². The van der Waals surface area contributed by atoms with Gasteiger partial charge in [0.15, 0.2) is 0 Å². The van der Waals surface area contributed by atoms with Crippen molar-refractivity contribution >= 4 is 11.7 Å². The van der Waals surface area contributed by atoms with Gasteiger partial charge in [0.25, 0.3) is 6.02 Å². The van der Waals surface area contributed by atoms with E-state index in [1.54, 1.807) is 0 Å². The van der Waals surface area contributed by atoms with Crippen LogP contribution in [0, 0.1) is 0 Å². The largest absolute Gasteiger partial charge is 0.463 e. The standard InChI is InChI=1S/C17H21N.C3H6N2O/c1-14(2)18(3)17-11-9-16(10-12-17)13-15-7-5-4-6-8-15;4-3-5-1-2-6-3/h4-12,14H,13H2,1-3H3;1-2H2,(H2,4,5). The lowest BCUT2D eigenvalue weighted by atomic mass is 10.0. The molecule has 1 aliphatic heterocycles. The van der Waals surface area contributed by atoms with Crippen LogP contribution in [0.1, 0.15) is 25.0 Å². The van der Waals surface area contributed by atoms with E-state index in [0.29, 0.717) is 18.7 Å². The van der Waals surface area contributed by atoms with Crippen molar-refractivity contribution in [1.82, 2.24) is 0 Å². The minimum absolute atomic E-state index is 0.329. The second kappa shape index (κ2) is 8.96. The molecule has 2 aromatic rings. The molecule has 0 saturated carbocycles. The van der Waals surface area contributed by atoms with E-state index in [1.807, 2.05) is 0 Å². The zero-order valence-electron chi connectivity index (χ0n) is 14.8. The summed E-state index contributed by atoms with van der Waals surface area (Å²) in [5, 5.41) is 0.